The molecule has 2 atom stereocenters. The summed E-state index contributed by atoms with van der Waals surface area (Å²) in [6.45, 7) is 2.06. The highest BCUT2D eigenvalue weighted by Gasteiger charge is 2.48. The zero-order chi connectivity index (χ0) is 23.1. The van der Waals surface area contributed by atoms with Gasteiger partial charge in [0.2, 0.25) is 0 Å². The maximum absolute atomic E-state index is 13.6. The van der Waals surface area contributed by atoms with Crippen molar-refractivity contribution < 1.29 is 9.90 Å². The van der Waals surface area contributed by atoms with Gasteiger partial charge in [0.05, 0.1) is 11.5 Å². The third-order valence-corrected chi connectivity index (χ3v) is 6.87. The maximum atomic E-state index is 13.6. The SMILES string of the molecule is Cc1ccc(C2CC(=O)C(CC=Cc3ccccc3)(CC=Cc3ccccc3)C(O)C2)cc1. The highest BCUT2D eigenvalue weighted by atomic mass is 16.3. The van der Waals surface area contributed by atoms with Crippen molar-refractivity contribution in [3.8, 4) is 0 Å². The summed E-state index contributed by atoms with van der Waals surface area (Å²) in [7, 11) is 0. The molecule has 2 heteroatoms. The van der Waals surface area contributed by atoms with E-state index in [0.29, 0.717) is 25.7 Å². The summed E-state index contributed by atoms with van der Waals surface area (Å²) in [5.41, 5.74) is 3.75. The van der Waals surface area contributed by atoms with Crippen LogP contribution in [-0.4, -0.2) is 17.0 Å². The normalized spacial score (nSPS) is 23.4. The van der Waals surface area contributed by atoms with Crippen LogP contribution in [0.1, 0.15) is 53.9 Å². The second-order valence-corrected chi connectivity index (χ2v) is 9.18. The fourth-order valence-corrected chi connectivity index (χ4v) is 4.81. The lowest BCUT2D eigenvalue weighted by molar-refractivity contribution is -0.140. The summed E-state index contributed by atoms with van der Waals surface area (Å²) >= 11 is 0. The van der Waals surface area contributed by atoms with Crippen LogP contribution in [0.25, 0.3) is 12.2 Å². The predicted molar refractivity (Wildman–Crippen MR) is 137 cm³/mol. The molecule has 1 aliphatic carbocycles. The van der Waals surface area contributed by atoms with Crippen LogP contribution in [0.5, 0.6) is 0 Å². The van der Waals surface area contributed by atoms with Crippen LogP contribution in [0.3, 0.4) is 0 Å². The summed E-state index contributed by atoms with van der Waals surface area (Å²) in [6.07, 6.45) is 9.65. The van der Waals surface area contributed by atoms with Crippen molar-refractivity contribution in [3.05, 3.63) is 119 Å². The molecule has 0 spiro atoms. The number of carbonyl (C=O) groups excluding carboxylic acids is 1. The van der Waals surface area contributed by atoms with Crippen molar-refractivity contribution in [2.45, 2.75) is 44.6 Å². The molecule has 3 aromatic carbocycles. The Kier molecular flexibility index (Phi) is 7.36. The van der Waals surface area contributed by atoms with Crippen LogP contribution < -0.4 is 0 Å². The maximum Gasteiger partial charge on any atom is 0.142 e. The first-order chi connectivity index (χ1) is 16.1. The molecule has 33 heavy (non-hydrogen) atoms. The molecule has 0 bridgehead atoms. The number of ketones is 1. The van der Waals surface area contributed by atoms with E-state index in [0.717, 1.165) is 16.7 Å². The highest BCUT2D eigenvalue weighted by Crippen LogP contribution is 2.46. The van der Waals surface area contributed by atoms with Crippen LogP contribution >= 0.6 is 0 Å². The number of aryl methyl sites for hydroxylation is 1. The lowest BCUT2D eigenvalue weighted by Crippen LogP contribution is -2.47. The number of carbonyl (C=O) groups is 1. The van der Waals surface area contributed by atoms with Gasteiger partial charge in [-0.1, -0.05) is 115 Å². The second-order valence-electron chi connectivity index (χ2n) is 9.18. The molecule has 0 saturated heterocycles. The van der Waals surface area contributed by atoms with E-state index < -0.39 is 11.5 Å². The van der Waals surface area contributed by atoms with E-state index in [1.807, 2.05) is 60.7 Å². The van der Waals surface area contributed by atoms with E-state index in [4.69, 9.17) is 0 Å². The minimum absolute atomic E-state index is 0.0671. The van der Waals surface area contributed by atoms with Gasteiger partial charge in [-0.15, -0.1) is 0 Å². The van der Waals surface area contributed by atoms with Crippen molar-refractivity contribution in [1.82, 2.24) is 0 Å². The minimum atomic E-state index is -0.794. The fourth-order valence-electron chi connectivity index (χ4n) is 4.81. The highest BCUT2D eigenvalue weighted by molar-refractivity contribution is 5.88. The number of aliphatic hydroxyl groups excluding tert-OH is 1. The van der Waals surface area contributed by atoms with Crippen molar-refractivity contribution in [1.29, 1.82) is 0 Å². The largest absolute Gasteiger partial charge is 0.392 e. The van der Waals surface area contributed by atoms with E-state index >= 15 is 0 Å². The monoisotopic (exact) mass is 436 g/mol. The van der Waals surface area contributed by atoms with E-state index in [1.165, 1.54) is 5.56 Å². The summed E-state index contributed by atoms with van der Waals surface area (Å²) in [6, 6.07) is 28.5. The molecular formula is C31H32O2. The van der Waals surface area contributed by atoms with Crippen LogP contribution in [0.2, 0.25) is 0 Å². The Morgan fingerprint density at radius 2 is 1.33 bits per heavy atom. The molecule has 0 amide bonds. The quantitative estimate of drug-likeness (QED) is 0.433. The zero-order valence-corrected chi connectivity index (χ0v) is 19.2. The lowest BCUT2D eigenvalue weighted by atomic mass is 9.62. The zero-order valence-electron chi connectivity index (χ0n) is 19.2. The lowest BCUT2D eigenvalue weighted by Gasteiger charge is -2.42. The van der Waals surface area contributed by atoms with Crippen molar-refractivity contribution >= 4 is 17.9 Å². The molecule has 168 valence electrons. The number of Topliss-reactive ketones (excluding diaryl/α,β-unsaturated/α-hetero) is 1. The third kappa shape index (κ3) is 5.58. The first-order valence-electron chi connectivity index (χ1n) is 11.8. The molecule has 0 aliphatic heterocycles. The van der Waals surface area contributed by atoms with Crippen LogP contribution in [-0.2, 0) is 4.79 Å². The third-order valence-electron chi connectivity index (χ3n) is 6.87. The molecular weight excluding hydrogens is 404 g/mol. The average molecular weight is 437 g/mol. The standard InChI is InChI=1S/C31H32O2/c1-24-16-18-27(19-17-24)28-22-29(32)31(30(33)23-28,20-8-14-25-10-4-2-5-11-25)21-9-15-26-12-6-3-7-13-26/h2-19,28-29,32H,20-23H2,1H3. The Morgan fingerprint density at radius 3 is 1.82 bits per heavy atom. The van der Waals surface area contributed by atoms with Crippen molar-refractivity contribution in [3.63, 3.8) is 0 Å². The van der Waals surface area contributed by atoms with Gasteiger partial charge < -0.3 is 5.11 Å². The number of rotatable bonds is 7. The smallest absolute Gasteiger partial charge is 0.142 e. The summed E-state index contributed by atoms with van der Waals surface area (Å²) in [4.78, 5) is 13.6. The van der Waals surface area contributed by atoms with Gasteiger partial charge in [0.1, 0.15) is 5.78 Å². The van der Waals surface area contributed by atoms with Gasteiger partial charge >= 0.3 is 0 Å². The molecule has 2 nitrogen and oxygen atoms in total. The van der Waals surface area contributed by atoms with E-state index in [-0.39, 0.29) is 11.7 Å². The van der Waals surface area contributed by atoms with Crippen LogP contribution in [0, 0.1) is 12.3 Å². The van der Waals surface area contributed by atoms with Crippen LogP contribution in [0.15, 0.2) is 97.1 Å². The van der Waals surface area contributed by atoms with Gasteiger partial charge in [-0.3, -0.25) is 4.79 Å². The van der Waals surface area contributed by atoms with E-state index in [1.54, 1.807) is 0 Å². The number of aliphatic hydroxyl groups is 1. The van der Waals surface area contributed by atoms with E-state index in [2.05, 4.69) is 55.5 Å². The Morgan fingerprint density at radius 1 is 0.818 bits per heavy atom. The Labute approximate surface area is 197 Å². The van der Waals surface area contributed by atoms with Gasteiger partial charge in [0.15, 0.2) is 0 Å². The molecule has 1 saturated carbocycles. The molecule has 3 aromatic rings. The molecule has 1 N–H and O–H groups in total. The fraction of sp³-hybridized carbons (Fsp3) is 0.258. The van der Waals surface area contributed by atoms with Gasteiger partial charge in [0.25, 0.3) is 0 Å². The summed E-state index contributed by atoms with van der Waals surface area (Å²) in [5, 5.41) is 11.4. The average Bonchev–Trinajstić information content (AvgIpc) is 2.83. The predicted octanol–water partition coefficient (Wildman–Crippen LogP) is 7.00. The Hall–Kier alpha value is -3.23. The molecule has 0 radical (unpaired) electrons. The topological polar surface area (TPSA) is 37.3 Å². The number of benzene rings is 3. The Bertz CT molecular complexity index is 1040. The van der Waals surface area contributed by atoms with E-state index in [9.17, 15) is 9.90 Å². The number of allylic oxidation sites excluding steroid dienone is 2. The minimum Gasteiger partial charge on any atom is -0.392 e. The van der Waals surface area contributed by atoms with Gasteiger partial charge in [0, 0.05) is 6.42 Å². The van der Waals surface area contributed by atoms with Gasteiger partial charge in [-0.25, -0.2) is 0 Å². The molecule has 0 aromatic heterocycles. The van der Waals surface area contributed by atoms with Gasteiger partial charge in [-0.2, -0.15) is 0 Å². The van der Waals surface area contributed by atoms with Crippen molar-refractivity contribution in [2.75, 3.05) is 0 Å². The molecule has 4 rings (SSSR count). The molecule has 0 heterocycles. The first-order valence-corrected chi connectivity index (χ1v) is 11.8. The molecule has 2 unspecified atom stereocenters. The first kappa shape index (κ1) is 22.9. The van der Waals surface area contributed by atoms with Gasteiger partial charge in [-0.05, 0) is 48.8 Å². The molecule has 1 aliphatic rings. The molecule has 1 fully saturated rings. The second kappa shape index (κ2) is 10.6. The Balaban J connectivity index is 1.57. The summed E-state index contributed by atoms with van der Waals surface area (Å²) in [5.74, 6) is 0.222. The number of hydrogen-bond acceptors (Lipinski definition) is 2. The summed E-state index contributed by atoms with van der Waals surface area (Å²) < 4.78 is 0. The van der Waals surface area contributed by atoms with Crippen molar-refractivity contribution in [2.24, 2.45) is 5.41 Å². The van der Waals surface area contributed by atoms with Crippen LogP contribution in [0.4, 0.5) is 0 Å². The number of hydrogen-bond donors (Lipinski definition) is 1.